The van der Waals surface area contributed by atoms with Crippen molar-refractivity contribution in [3.05, 3.63) is 29.6 Å². The van der Waals surface area contributed by atoms with E-state index in [9.17, 15) is 14.4 Å². The number of rotatable bonds is 2. The Kier molecular flexibility index (Phi) is 4.74. The molecule has 1 heterocycles. The largest absolute Gasteiger partial charge is 0.444 e. The van der Waals surface area contributed by atoms with E-state index in [1.54, 1.807) is 20.8 Å². The zero-order valence-corrected chi connectivity index (χ0v) is 13.9. The van der Waals surface area contributed by atoms with Crippen molar-refractivity contribution in [3.63, 3.8) is 0 Å². The zero-order chi connectivity index (χ0) is 18.8. The second-order valence-corrected chi connectivity index (χ2v) is 6.12. The van der Waals surface area contributed by atoms with E-state index < -0.39 is 17.5 Å². The number of hydrogen-bond donors (Lipinski definition) is 3. The molecular formula is C16H17FN6O2. The average molecular weight is 344 g/mol. The predicted octanol–water partition coefficient (Wildman–Crippen LogP) is 2.67. The normalized spacial score (nSPS) is 10.8. The molecule has 0 saturated carbocycles. The predicted molar refractivity (Wildman–Crippen MR) is 90.8 cm³/mol. The maximum atomic E-state index is 13.7. The molecule has 25 heavy (non-hydrogen) atoms. The molecule has 0 bridgehead atoms. The Hall–Kier alpha value is -3.41. The number of nitrogen functional groups attached to an aromatic ring is 2. The van der Waals surface area contributed by atoms with E-state index in [1.807, 2.05) is 6.07 Å². The van der Waals surface area contributed by atoms with E-state index in [0.29, 0.717) is 0 Å². The second kappa shape index (κ2) is 6.60. The van der Waals surface area contributed by atoms with Gasteiger partial charge < -0.3 is 16.2 Å². The number of carbonyl (C=O) groups excluding carboxylic acids is 1. The van der Waals surface area contributed by atoms with Crippen LogP contribution < -0.4 is 16.8 Å². The number of aromatic nitrogens is 2. The van der Waals surface area contributed by atoms with Crippen LogP contribution in [0.15, 0.2) is 18.2 Å². The van der Waals surface area contributed by atoms with Crippen molar-refractivity contribution in [1.82, 2.24) is 9.97 Å². The lowest BCUT2D eigenvalue weighted by molar-refractivity contribution is 0.0636. The van der Waals surface area contributed by atoms with E-state index in [2.05, 4.69) is 15.3 Å². The minimum atomic E-state index is -0.742. The van der Waals surface area contributed by atoms with Gasteiger partial charge in [0.05, 0.1) is 11.4 Å². The lowest BCUT2D eigenvalue weighted by Crippen LogP contribution is -2.27. The van der Waals surface area contributed by atoms with Crippen LogP contribution in [0.1, 0.15) is 26.3 Å². The van der Waals surface area contributed by atoms with Crippen molar-refractivity contribution in [2.45, 2.75) is 26.4 Å². The Labute approximate surface area is 143 Å². The van der Waals surface area contributed by atoms with Gasteiger partial charge in [-0.1, -0.05) is 0 Å². The number of halogens is 1. The first-order chi connectivity index (χ1) is 11.6. The van der Waals surface area contributed by atoms with Gasteiger partial charge in [-0.2, -0.15) is 10.2 Å². The van der Waals surface area contributed by atoms with Crippen molar-refractivity contribution in [2.24, 2.45) is 0 Å². The van der Waals surface area contributed by atoms with Gasteiger partial charge in [0.15, 0.2) is 0 Å². The third kappa shape index (κ3) is 4.32. The minimum Gasteiger partial charge on any atom is -0.444 e. The van der Waals surface area contributed by atoms with Crippen LogP contribution in [0.4, 0.5) is 26.6 Å². The third-order valence-corrected chi connectivity index (χ3v) is 2.94. The van der Waals surface area contributed by atoms with Crippen LogP contribution in [0.25, 0.3) is 11.3 Å². The van der Waals surface area contributed by atoms with Gasteiger partial charge in [0.2, 0.25) is 5.95 Å². The summed E-state index contributed by atoms with van der Waals surface area (Å²) in [6.45, 7) is 5.12. The molecule has 9 heteroatoms. The van der Waals surface area contributed by atoms with Crippen LogP contribution >= 0.6 is 0 Å². The summed E-state index contributed by atoms with van der Waals surface area (Å²) < 4.78 is 18.9. The van der Waals surface area contributed by atoms with E-state index >= 15 is 0 Å². The minimum absolute atomic E-state index is 0.0121. The van der Waals surface area contributed by atoms with E-state index in [1.165, 1.54) is 6.07 Å². The molecule has 2 rings (SSSR count). The molecule has 0 aliphatic rings. The molecule has 0 radical (unpaired) electrons. The van der Waals surface area contributed by atoms with Gasteiger partial charge in [0, 0.05) is 5.56 Å². The van der Waals surface area contributed by atoms with Crippen LogP contribution in [0.2, 0.25) is 0 Å². The molecular weight excluding hydrogens is 327 g/mol. The molecule has 1 amide bonds. The summed E-state index contributed by atoms with van der Waals surface area (Å²) in [6.07, 6.45) is -0.742. The van der Waals surface area contributed by atoms with Gasteiger partial charge in [0.1, 0.15) is 28.9 Å². The van der Waals surface area contributed by atoms with Crippen molar-refractivity contribution < 1.29 is 13.9 Å². The van der Waals surface area contributed by atoms with Gasteiger partial charge in [-0.25, -0.2) is 14.2 Å². The molecule has 8 nitrogen and oxygen atoms in total. The van der Waals surface area contributed by atoms with Gasteiger partial charge in [-0.15, -0.1) is 0 Å². The summed E-state index contributed by atoms with van der Waals surface area (Å²) in [6, 6.07) is 5.43. The number of nitrogens with two attached hydrogens (primary N) is 2. The van der Waals surface area contributed by atoms with Gasteiger partial charge >= 0.3 is 6.09 Å². The maximum Gasteiger partial charge on any atom is 0.412 e. The fourth-order valence-corrected chi connectivity index (χ4v) is 2.04. The Morgan fingerprint density at radius 2 is 2.00 bits per heavy atom. The summed E-state index contributed by atoms with van der Waals surface area (Å²) in [5.41, 5.74) is 10.8. The highest BCUT2D eigenvalue weighted by Gasteiger charge is 2.21. The number of benzene rings is 1. The molecule has 0 aliphatic carbocycles. The van der Waals surface area contributed by atoms with Crippen LogP contribution in [-0.2, 0) is 4.74 Å². The number of ether oxygens (including phenoxy) is 1. The van der Waals surface area contributed by atoms with Gasteiger partial charge in [0.25, 0.3) is 0 Å². The number of amides is 1. The van der Waals surface area contributed by atoms with Crippen LogP contribution in [-0.4, -0.2) is 21.7 Å². The Bertz CT molecular complexity index is 870. The van der Waals surface area contributed by atoms with Crippen molar-refractivity contribution in [2.75, 3.05) is 16.8 Å². The van der Waals surface area contributed by atoms with Crippen LogP contribution in [0, 0.1) is 17.1 Å². The fourth-order valence-electron chi connectivity index (χ4n) is 2.04. The summed E-state index contributed by atoms with van der Waals surface area (Å²) in [4.78, 5) is 19.7. The topological polar surface area (TPSA) is 140 Å². The number of nitrogens with zero attached hydrogens (tertiary/aromatic N) is 3. The zero-order valence-electron chi connectivity index (χ0n) is 13.9. The van der Waals surface area contributed by atoms with Crippen LogP contribution in [0.5, 0.6) is 0 Å². The molecule has 1 aromatic heterocycles. The van der Waals surface area contributed by atoms with E-state index in [-0.39, 0.29) is 34.3 Å². The number of anilines is 3. The molecule has 5 N–H and O–H groups in total. The van der Waals surface area contributed by atoms with E-state index in [4.69, 9.17) is 16.2 Å². The number of nitriles is 1. The summed E-state index contributed by atoms with van der Waals surface area (Å²) in [5, 5.41) is 11.8. The number of nitrogens with one attached hydrogen (secondary N) is 1. The molecule has 2 aromatic rings. The Morgan fingerprint density at radius 1 is 1.32 bits per heavy atom. The monoisotopic (exact) mass is 344 g/mol. The van der Waals surface area contributed by atoms with Gasteiger partial charge in [-0.3, -0.25) is 5.32 Å². The molecule has 0 saturated heterocycles. The number of hydrogen-bond acceptors (Lipinski definition) is 7. The molecule has 1 aromatic carbocycles. The first-order valence-electron chi connectivity index (χ1n) is 7.23. The first kappa shape index (κ1) is 17.9. The van der Waals surface area contributed by atoms with Crippen molar-refractivity contribution >= 4 is 23.5 Å². The highest BCUT2D eigenvalue weighted by Crippen LogP contribution is 2.32. The lowest BCUT2D eigenvalue weighted by atomic mass is 10.0. The molecule has 0 fully saturated rings. The van der Waals surface area contributed by atoms with Crippen molar-refractivity contribution in [1.29, 1.82) is 5.26 Å². The van der Waals surface area contributed by atoms with Crippen molar-refractivity contribution in [3.8, 4) is 17.3 Å². The quantitative estimate of drug-likeness (QED) is 0.760. The molecule has 130 valence electrons. The Morgan fingerprint density at radius 3 is 2.60 bits per heavy atom. The van der Waals surface area contributed by atoms with E-state index in [0.717, 1.165) is 12.1 Å². The Balaban J connectivity index is 2.55. The number of carbonyl (C=O) groups is 1. The smallest absolute Gasteiger partial charge is 0.412 e. The average Bonchev–Trinajstić information content (AvgIpc) is 2.46. The fraction of sp³-hybridized carbons (Fsp3) is 0.250. The molecule has 0 spiro atoms. The first-order valence-corrected chi connectivity index (χ1v) is 7.23. The molecule has 0 unspecified atom stereocenters. The molecule has 0 atom stereocenters. The second-order valence-electron chi connectivity index (χ2n) is 6.12. The summed E-state index contributed by atoms with van der Waals surface area (Å²) in [5.74, 6) is -0.916. The SMILES string of the molecule is CC(C)(C)OC(=O)Nc1ccc(F)cc1-c1nc(N)nc(N)c1C#N. The highest BCUT2D eigenvalue weighted by atomic mass is 19.1. The van der Waals surface area contributed by atoms with Crippen LogP contribution in [0.3, 0.4) is 0 Å². The highest BCUT2D eigenvalue weighted by molar-refractivity contribution is 5.92. The summed E-state index contributed by atoms with van der Waals surface area (Å²) >= 11 is 0. The maximum absolute atomic E-state index is 13.7. The van der Waals surface area contributed by atoms with Gasteiger partial charge in [-0.05, 0) is 39.0 Å². The molecule has 0 aliphatic heterocycles. The lowest BCUT2D eigenvalue weighted by Gasteiger charge is -2.20. The standard InChI is InChI=1S/C16H17FN6O2/c1-16(2,3)25-15(24)21-11-5-4-8(17)6-9(11)12-10(7-18)13(19)23-14(20)22-12/h4-6H,1-3H3,(H,21,24)(H4,19,20,22,23). The summed E-state index contributed by atoms with van der Waals surface area (Å²) in [7, 11) is 0. The third-order valence-electron chi connectivity index (χ3n) is 2.94.